The van der Waals surface area contributed by atoms with Gasteiger partial charge in [0.2, 0.25) is 0 Å². The monoisotopic (exact) mass is 257 g/mol. The van der Waals surface area contributed by atoms with Crippen molar-refractivity contribution >= 4 is 0 Å². The summed E-state index contributed by atoms with van der Waals surface area (Å²) in [4.78, 5) is 0. The molecule has 0 amide bonds. The molecule has 102 valence electrons. The Morgan fingerprint density at radius 3 is 2.42 bits per heavy atom. The van der Waals surface area contributed by atoms with Gasteiger partial charge in [0.1, 0.15) is 0 Å². The first-order valence-corrected chi connectivity index (χ1v) is 6.94. The molecule has 0 aliphatic heterocycles. The van der Waals surface area contributed by atoms with Crippen LogP contribution < -0.4 is 5.32 Å². The van der Waals surface area contributed by atoms with Crippen molar-refractivity contribution in [2.75, 3.05) is 6.54 Å². The summed E-state index contributed by atoms with van der Waals surface area (Å²) < 4.78 is 2.12. The number of hydrogen-bond donors (Lipinski definition) is 1. The first-order valence-electron chi connectivity index (χ1n) is 6.94. The number of rotatable bonds is 5. The highest BCUT2D eigenvalue weighted by Gasteiger charge is 2.21. The fraction of sp³-hybridized carbons (Fsp3) is 0.438. The lowest BCUT2D eigenvalue weighted by molar-refractivity contribution is 0.353. The Morgan fingerprint density at radius 2 is 1.89 bits per heavy atom. The minimum Gasteiger partial charge on any atom is -0.308 e. The van der Waals surface area contributed by atoms with Gasteiger partial charge in [-0.2, -0.15) is 5.10 Å². The number of nitrogens with one attached hydrogen (secondary N) is 1. The molecule has 0 fully saturated rings. The lowest BCUT2D eigenvalue weighted by atomic mass is 10.0. The van der Waals surface area contributed by atoms with E-state index in [0.29, 0.717) is 0 Å². The van der Waals surface area contributed by atoms with Crippen LogP contribution >= 0.6 is 0 Å². The quantitative estimate of drug-likeness (QED) is 0.889. The van der Waals surface area contributed by atoms with Crippen LogP contribution in [0.3, 0.4) is 0 Å². The minimum atomic E-state index is 0.282. The van der Waals surface area contributed by atoms with Gasteiger partial charge in [0.05, 0.1) is 17.8 Å². The van der Waals surface area contributed by atoms with Crippen molar-refractivity contribution < 1.29 is 0 Å². The first-order chi connectivity index (χ1) is 9.13. The molecule has 0 radical (unpaired) electrons. The van der Waals surface area contributed by atoms with Crippen molar-refractivity contribution in [1.29, 1.82) is 0 Å². The summed E-state index contributed by atoms with van der Waals surface area (Å²) in [5.41, 5.74) is 3.60. The van der Waals surface area contributed by atoms with Crippen LogP contribution in [0.4, 0.5) is 0 Å². The molecule has 1 aromatic carbocycles. The molecule has 0 bridgehead atoms. The first kappa shape index (κ1) is 13.8. The highest BCUT2D eigenvalue weighted by molar-refractivity contribution is 5.21. The van der Waals surface area contributed by atoms with E-state index in [4.69, 9.17) is 0 Å². The van der Waals surface area contributed by atoms with Gasteiger partial charge in [-0.3, -0.25) is 4.68 Å². The molecule has 0 aliphatic rings. The third-order valence-corrected chi connectivity index (χ3v) is 3.50. The van der Waals surface area contributed by atoms with E-state index in [1.807, 2.05) is 6.92 Å². The second-order valence-corrected chi connectivity index (χ2v) is 5.06. The van der Waals surface area contributed by atoms with E-state index < -0.39 is 0 Å². The highest BCUT2D eigenvalue weighted by Crippen LogP contribution is 2.26. The topological polar surface area (TPSA) is 29.9 Å². The van der Waals surface area contributed by atoms with E-state index in [9.17, 15) is 0 Å². The predicted octanol–water partition coefficient (Wildman–Crippen LogP) is 3.41. The number of hydrogen-bond acceptors (Lipinski definition) is 2. The molecule has 0 saturated heterocycles. The zero-order chi connectivity index (χ0) is 13.8. The van der Waals surface area contributed by atoms with Crippen molar-refractivity contribution in [3.8, 4) is 0 Å². The second-order valence-electron chi connectivity index (χ2n) is 5.06. The SMILES string of the molecule is CCNC(c1ccccc1)C(C)n1nc(C)cc1C. The van der Waals surface area contributed by atoms with Crippen molar-refractivity contribution in [3.63, 3.8) is 0 Å². The molecule has 3 nitrogen and oxygen atoms in total. The summed E-state index contributed by atoms with van der Waals surface area (Å²) in [7, 11) is 0. The molecule has 19 heavy (non-hydrogen) atoms. The molecule has 2 rings (SSSR count). The standard InChI is InChI=1S/C16H23N3/c1-5-17-16(15-9-7-6-8-10-15)14(4)19-13(3)11-12(2)18-19/h6-11,14,16-17H,5H2,1-4H3. The number of nitrogens with zero attached hydrogens (tertiary/aromatic N) is 2. The number of aromatic nitrogens is 2. The van der Waals surface area contributed by atoms with Gasteiger partial charge in [-0.25, -0.2) is 0 Å². The molecule has 0 spiro atoms. The van der Waals surface area contributed by atoms with Gasteiger partial charge in [0.25, 0.3) is 0 Å². The van der Waals surface area contributed by atoms with Crippen LogP contribution in [0.2, 0.25) is 0 Å². The smallest absolute Gasteiger partial charge is 0.0688 e. The molecule has 0 aliphatic carbocycles. The van der Waals surface area contributed by atoms with Crippen LogP contribution in [-0.4, -0.2) is 16.3 Å². The number of benzene rings is 1. The van der Waals surface area contributed by atoms with Gasteiger partial charge in [-0.15, -0.1) is 0 Å². The van der Waals surface area contributed by atoms with E-state index in [1.165, 1.54) is 11.3 Å². The number of likely N-dealkylation sites (N-methyl/N-ethyl adjacent to an activating group) is 1. The van der Waals surface area contributed by atoms with Crippen LogP contribution in [0.5, 0.6) is 0 Å². The highest BCUT2D eigenvalue weighted by atomic mass is 15.3. The third-order valence-electron chi connectivity index (χ3n) is 3.50. The van der Waals surface area contributed by atoms with Crippen molar-refractivity contribution in [2.45, 2.75) is 39.8 Å². The molecule has 2 atom stereocenters. The average Bonchev–Trinajstić information content (AvgIpc) is 2.75. The lowest BCUT2D eigenvalue weighted by Gasteiger charge is -2.26. The summed E-state index contributed by atoms with van der Waals surface area (Å²) in [6.45, 7) is 9.47. The Balaban J connectivity index is 2.31. The molecule has 2 aromatic rings. The Labute approximate surface area is 115 Å². The zero-order valence-electron chi connectivity index (χ0n) is 12.2. The summed E-state index contributed by atoms with van der Waals surface area (Å²) >= 11 is 0. The Bertz CT molecular complexity index is 516. The fourth-order valence-corrected chi connectivity index (χ4v) is 2.65. The normalized spacial score (nSPS) is 14.3. The Hall–Kier alpha value is -1.61. The fourth-order valence-electron chi connectivity index (χ4n) is 2.65. The van der Waals surface area contributed by atoms with Gasteiger partial charge >= 0.3 is 0 Å². The zero-order valence-corrected chi connectivity index (χ0v) is 12.2. The molecular formula is C16H23N3. The molecule has 1 aromatic heterocycles. The lowest BCUT2D eigenvalue weighted by Crippen LogP contribution is -2.29. The molecule has 1 N–H and O–H groups in total. The van der Waals surface area contributed by atoms with Gasteiger partial charge in [0.15, 0.2) is 0 Å². The molecular weight excluding hydrogens is 234 g/mol. The predicted molar refractivity (Wildman–Crippen MR) is 79.3 cm³/mol. The van der Waals surface area contributed by atoms with Crippen LogP contribution in [0.25, 0.3) is 0 Å². The van der Waals surface area contributed by atoms with E-state index in [0.717, 1.165) is 12.2 Å². The van der Waals surface area contributed by atoms with E-state index >= 15 is 0 Å². The summed E-state index contributed by atoms with van der Waals surface area (Å²) in [5, 5.41) is 8.19. The Kier molecular flexibility index (Phi) is 4.38. The summed E-state index contributed by atoms with van der Waals surface area (Å²) in [6.07, 6.45) is 0. The van der Waals surface area contributed by atoms with Crippen molar-refractivity contribution in [2.24, 2.45) is 0 Å². The molecule has 1 heterocycles. The van der Waals surface area contributed by atoms with E-state index in [-0.39, 0.29) is 12.1 Å². The maximum absolute atomic E-state index is 4.62. The van der Waals surface area contributed by atoms with Crippen LogP contribution in [0, 0.1) is 13.8 Å². The summed E-state index contributed by atoms with van der Waals surface area (Å²) in [5.74, 6) is 0. The van der Waals surface area contributed by atoms with Crippen molar-refractivity contribution in [3.05, 3.63) is 53.3 Å². The largest absolute Gasteiger partial charge is 0.308 e. The minimum absolute atomic E-state index is 0.282. The summed E-state index contributed by atoms with van der Waals surface area (Å²) in [6, 6.07) is 13.3. The Morgan fingerprint density at radius 1 is 1.21 bits per heavy atom. The number of aryl methyl sites for hydroxylation is 2. The van der Waals surface area contributed by atoms with Gasteiger partial charge < -0.3 is 5.32 Å². The second kappa shape index (κ2) is 6.02. The van der Waals surface area contributed by atoms with Gasteiger partial charge in [0, 0.05) is 5.69 Å². The van der Waals surface area contributed by atoms with Gasteiger partial charge in [-0.05, 0) is 38.9 Å². The maximum atomic E-state index is 4.62. The molecule has 0 saturated carbocycles. The van der Waals surface area contributed by atoms with Crippen LogP contribution in [0.15, 0.2) is 36.4 Å². The molecule has 2 unspecified atom stereocenters. The average molecular weight is 257 g/mol. The molecule has 3 heteroatoms. The van der Waals surface area contributed by atoms with Gasteiger partial charge in [-0.1, -0.05) is 37.3 Å². The third kappa shape index (κ3) is 3.04. The van der Waals surface area contributed by atoms with Crippen LogP contribution in [0.1, 0.15) is 42.9 Å². The van der Waals surface area contributed by atoms with Crippen molar-refractivity contribution in [1.82, 2.24) is 15.1 Å². The van der Waals surface area contributed by atoms with E-state index in [2.05, 4.69) is 72.3 Å². The maximum Gasteiger partial charge on any atom is 0.0688 e. The van der Waals surface area contributed by atoms with E-state index in [1.54, 1.807) is 0 Å². The van der Waals surface area contributed by atoms with Crippen LogP contribution in [-0.2, 0) is 0 Å².